The summed E-state index contributed by atoms with van der Waals surface area (Å²) >= 11 is 0. The number of amides is 1. The molecule has 1 unspecified atom stereocenters. The molecule has 2 aliphatic heterocycles. The predicted octanol–water partition coefficient (Wildman–Crippen LogP) is 2.84. The first kappa shape index (κ1) is 19.5. The van der Waals surface area contributed by atoms with Crippen molar-refractivity contribution in [2.75, 3.05) is 32.8 Å². The maximum atomic E-state index is 12.4. The van der Waals surface area contributed by atoms with E-state index in [2.05, 4.69) is 57.6 Å². The molecule has 2 aliphatic rings. The van der Waals surface area contributed by atoms with E-state index in [4.69, 9.17) is 11.2 Å². The molecule has 1 amide bonds. The van der Waals surface area contributed by atoms with Crippen molar-refractivity contribution < 1.29 is 9.53 Å². The van der Waals surface area contributed by atoms with Crippen LogP contribution >= 0.6 is 0 Å². The van der Waals surface area contributed by atoms with Crippen LogP contribution < -0.4 is 5.32 Å². The van der Waals surface area contributed by atoms with Gasteiger partial charge in [0.1, 0.15) is 0 Å². The van der Waals surface area contributed by atoms with Gasteiger partial charge >= 0.3 is 0 Å². The van der Waals surface area contributed by atoms with Crippen LogP contribution in [0.4, 0.5) is 0 Å². The van der Waals surface area contributed by atoms with E-state index < -0.39 is 5.66 Å². The summed E-state index contributed by atoms with van der Waals surface area (Å²) in [5.41, 5.74) is 2.06. The van der Waals surface area contributed by atoms with Crippen molar-refractivity contribution in [1.29, 1.82) is 0 Å². The number of carbonyl (C=O) groups is 1. The molecule has 6 nitrogen and oxygen atoms in total. The molecular formula is C21H28N4O2. The first-order valence-corrected chi connectivity index (χ1v) is 9.64. The van der Waals surface area contributed by atoms with Crippen molar-refractivity contribution >= 4 is 5.91 Å². The van der Waals surface area contributed by atoms with Crippen molar-refractivity contribution in [1.82, 2.24) is 10.2 Å². The van der Waals surface area contributed by atoms with Gasteiger partial charge < -0.3 is 10.1 Å². The Labute approximate surface area is 161 Å². The van der Waals surface area contributed by atoms with Gasteiger partial charge in [-0.25, -0.2) is 0 Å². The molecule has 0 bridgehead atoms. The molecule has 1 aromatic rings. The first-order valence-electron chi connectivity index (χ1n) is 9.64. The highest BCUT2D eigenvalue weighted by atomic mass is 16.5. The normalized spacial score (nSPS) is 19.3. The molecule has 27 heavy (non-hydrogen) atoms. The maximum Gasteiger partial charge on any atom is 0.220 e. The summed E-state index contributed by atoms with van der Waals surface area (Å²) in [6, 6.07) is 8.70. The van der Waals surface area contributed by atoms with Crippen LogP contribution in [0.15, 0.2) is 34.5 Å². The second-order valence-electron chi connectivity index (χ2n) is 7.27. The topological polar surface area (TPSA) is 66.3 Å². The van der Waals surface area contributed by atoms with Crippen LogP contribution in [0.5, 0.6) is 0 Å². The molecule has 1 saturated heterocycles. The van der Waals surface area contributed by atoms with E-state index in [0.717, 1.165) is 32.7 Å². The Bertz CT molecular complexity index is 696. The molecule has 2 heterocycles. The van der Waals surface area contributed by atoms with Crippen LogP contribution in [0.2, 0.25) is 0 Å². The highest BCUT2D eigenvalue weighted by Gasteiger charge is 2.39. The Morgan fingerprint density at radius 2 is 2.00 bits per heavy atom. The minimum atomic E-state index is -0.399. The van der Waals surface area contributed by atoms with Crippen LogP contribution in [-0.4, -0.2) is 49.3 Å². The van der Waals surface area contributed by atoms with Gasteiger partial charge in [0.25, 0.3) is 0 Å². The Kier molecular flexibility index (Phi) is 6.59. The fourth-order valence-electron chi connectivity index (χ4n) is 3.42. The minimum Gasteiger partial charge on any atom is -0.379 e. The van der Waals surface area contributed by atoms with Crippen molar-refractivity contribution in [2.24, 2.45) is 10.2 Å². The van der Waals surface area contributed by atoms with Crippen molar-refractivity contribution in [3.8, 4) is 12.3 Å². The first-order chi connectivity index (χ1) is 13.1. The summed E-state index contributed by atoms with van der Waals surface area (Å²) < 4.78 is 5.48. The number of carbonyl (C=O) groups excluding carboxylic acids is 1. The number of hydrogen-bond donors (Lipinski definition) is 1. The van der Waals surface area contributed by atoms with Gasteiger partial charge in [-0.2, -0.15) is 10.2 Å². The Hall–Kier alpha value is -2.23. The van der Waals surface area contributed by atoms with Crippen molar-refractivity contribution in [2.45, 2.75) is 44.3 Å². The summed E-state index contributed by atoms with van der Waals surface area (Å²) in [5.74, 6) is 2.65. The molecule has 0 saturated carbocycles. The number of ether oxygens (including phenoxy) is 1. The molecule has 0 aliphatic carbocycles. The van der Waals surface area contributed by atoms with E-state index in [1.807, 2.05) is 0 Å². The fraction of sp³-hybridized carbons (Fsp3) is 0.571. The number of nitrogens with zero attached hydrogens (tertiary/aromatic N) is 3. The second-order valence-corrected chi connectivity index (χ2v) is 7.27. The number of terminal acetylenes is 1. The van der Waals surface area contributed by atoms with Crippen molar-refractivity contribution in [3.63, 3.8) is 0 Å². The van der Waals surface area contributed by atoms with E-state index in [9.17, 15) is 4.79 Å². The van der Waals surface area contributed by atoms with Gasteiger partial charge in [-0.3, -0.25) is 9.69 Å². The smallest absolute Gasteiger partial charge is 0.220 e. The number of morpholine rings is 1. The minimum absolute atomic E-state index is 0.0396. The average molecular weight is 368 g/mol. The average Bonchev–Trinajstić information content (AvgIpc) is 3.47. The summed E-state index contributed by atoms with van der Waals surface area (Å²) in [6.07, 6.45) is 7.73. The standard InChI is InChI=1S/C21H28N4O2/c1-3-4-10-21(23-24-21)11-9-20(26)22-16-19(25-12-14-27-15-13-25)18-7-5-17(2)6-8-18/h1,5-8,19H,4,9-16H2,2H3,(H,22,26). The van der Waals surface area contributed by atoms with Gasteiger partial charge in [0.05, 0.1) is 19.3 Å². The van der Waals surface area contributed by atoms with Crippen LogP contribution in [-0.2, 0) is 9.53 Å². The van der Waals surface area contributed by atoms with Gasteiger partial charge in [-0.05, 0) is 12.5 Å². The lowest BCUT2D eigenvalue weighted by atomic mass is 10.0. The molecule has 0 spiro atoms. The molecule has 0 aromatic heterocycles. The molecule has 1 atom stereocenters. The highest BCUT2D eigenvalue weighted by Crippen LogP contribution is 2.37. The lowest BCUT2D eigenvalue weighted by Gasteiger charge is -2.35. The summed E-state index contributed by atoms with van der Waals surface area (Å²) in [7, 11) is 0. The summed E-state index contributed by atoms with van der Waals surface area (Å²) in [4.78, 5) is 14.8. The summed E-state index contributed by atoms with van der Waals surface area (Å²) in [5, 5.41) is 11.3. The van der Waals surface area contributed by atoms with Crippen LogP contribution in [0, 0.1) is 19.3 Å². The van der Waals surface area contributed by atoms with Gasteiger partial charge in [0.15, 0.2) is 5.66 Å². The lowest BCUT2D eigenvalue weighted by Crippen LogP contribution is -2.43. The third-order valence-corrected chi connectivity index (χ3v) is 5.25. The number of aryl methyl sites for hydroxylation is 1. The Morgan fingerprint density at radius 1 is 1.30 bits per heavy atom. The molecule has 1 N–H and O–H groups in total. The maximum absolute atomic E-state index is 12.4. The van der Waals surface area contributed by atoms with Crippen LogP contribution in [0.3, 0.4) is 0 Å². The van der Waals surface area contributed by atoms with E-state index in [0.29, 0.717) is 25.8 Å². The molecule has 0 radical (unpaired) electrons. The molecule has 1 aromatic carbocycles. The van der Waals surface area contributed by atoms with E-state index in [1.54, 1.807) is 0 Å². The number of benzene rings is 1. The second kappa shape index (κ2) is 9.12. The zero-order valence-electron chi connectivity index (χ0n) is 16.0. The van der Waals surface area contributed by atoms with Gasteiger partial charge in [-0.15, -0.1) is 12.3 Å². The Morgan fingerprint density at radius 3 is 2.63 bits per heavy atom. The number of nitrogens with one attached hydrogen (secondary N) is 1. The zero-order valence-corrected chi connectivity index (χ0v) is 16.0. The third kappa shape index (κ3) is 5.62. The fourth-order valence-corrected chi connectivity index (χ4v) is 3.42. The number of rotatable bonds is 9. The zero-order chi connectivity index (χ0) is 19.1. The SMILES string of the molecule is C#CCCC1(CCC(=O)NCC(c2ccc(C)cc2)N2CCOCC2)N=N1. The van der Waals surface area contributed by atoms with Crippen LogP contribution in [0.25, 0.3) is 0 Å². The van der Waals surface area contributed by atoms with E-state index in [-0.39, 0.29) is 11.9 Å². The van der Waals surface area contributed by atoms with E-state index in [1.165, 1.54) is 11.1 Å². The monoisotopic (exact) mass is 368 g/mol. The van der Waals surface area contributed by atoms with Gasteiger partial charge in [-0.1, -0.05) is 29.8 Å². The van der Waals surface area contributed by atoms with Crippen molar-refractivity contribution in [3.05, 3.63) is 35.4 Å². The molecular weight excluding hydrogens is 340 g/mol. The number of hydrogen-bond acceptors (Lipinski definition) is 5. The largest absolute Gasteiger partial charge is 0.379 e. The summed E-state index contributed by atoms with van der Waals surface area (Å²) in [6.45, 7) is 5.89. The lowest BCUT2D eigenvalue weighted by molar-refractivity contribution is -0.121. The van der Waals surface area contributed by atoms with Crippen LogP contribution in [0.1, 0.15) is 42.9 Å². The molecule has 1 fully saturated rings. The van der Waals surface area contributed by atoms with Gasteiger partial charge in [0.2, 0.25) is 5.91 Å². The van der Waals surface area contributed by atoms with Gasteiger partial charge in [0, 0.05) is 45.3 Å². The predicted molar refractivity (Wildman–Crippen MR) is 104 cm³/mol. The van der Waals surface area contributed by atoms with E-state index >= 15 is 0 Å². The Balaban J connectivity index is 1.53. The third-order valence-electron chi connectivity index (χ3n) is 5.25. The highest BCUT2D eigenvalue weighted by molar-refractivity contribution is 5.76. The quantitative estimate of drug-likeness (QED) is 0.682. The molecule has 144 valence electrons. The molecule has 3 rings (SSSR count). The molecule has 6 heteroatoms.